The highest BCUT2D eigenvalue weighted by Gasteiger charge is 2.24. The first-order valence-corrected chi connectivity index (χ1v) is 5.51. The molecular formula is C11H24N2O3. The average Bonchev–Trinajstić information content (AvgIpc) is 2.15. The van der Waals surface area contributed by atoms with Gasteiger partial charge in [0.25, 0.3) is 0 Å². The second kappa shape index (κ2) is 6.83. The van der Waals surface area contributed by atoms with Gasteiger partial charge in [-0.15, -0.1) is 0 Å². The van der Waals surface area contributed by atoms with Gasteiger partial charge in [0.05, 0.1) is 19.3 Å². The summed E-state index contributed by atoms with van der Waals surface area (Å²) >= 11 is 0. The van der Waals surface area contributed by atoms with Crippen LogP contribution in [0, 0.1) is 0 Å². The predicted octanol–water partition coefficient (Wildman–Crippen LogP) is -0.113. The molecule has 5 nitrogen and oxygen atoms in total. The Bertz CT molecular complexity index is 217. The Morgan fingerprint density at radius 2 is 2.00 bits per heavy atom. The molecule has 0 saturated carbocycles. The van der Waals surface area contributed by atoms with Crippen LogP contribution < -0.4 is 10.6 Å². The van der Waals surface area contributed by atoms with Gasteiger partial charge in [-0.1, -0.05) is 0 Å². The van der Waals surface area contributed by atoms with E-state index in [0.29, 0.717) is 6.61 Å². The standard InChI is InChI=1S/C11H24N2O3/c1-8(7-16-5)13-10(15)6-12-11(3,4)9(2)14/h8-9,12,14H,6-7H2,1-5H3,(H,13,15). The van der Waals surface area contributed by atoms with Gasteiger partial charge < -0.3 is 20.5 Å². The zero-order valence-corrected chi connectivity index (χ0v) is 10.8. The van der Waals surface area contributed by atoms with E-state index in [1.54, 1.807) is 14.0 Å². The van der Waals surface area contributed by atoms with Crippen LogP contribution >= 0.6 is 0 Å². The maximum atomic E-state index is 11.5. The van der Waals surface area contributed by atoms with Crippen molar-refractivity contribution in [3.05, 3.63) is 0 Å². The molecule has 2 atom stereocenters. The van der Waals surface area contributed by atoms with E-state index in [-0.39, 0.29) is 18.5 Å². The Labute approximate surface area is 97.6 Å². The Balaban J connectivity index is 3.90. The van der Waals surface area contributed by atoms with E-state index in [2.05, 4.69) is 10.6 Å². The number of amides is 1. The fraction of sp³-hybridized carbons (Fsp3) is 0.909. The lowest BCUT2D eigenvalue weighted by Gasteiger charge is -2.29. The molecule has 0 aromatic rings. The summed E-state index contributed by atoms with van der Waals surface area (Å²) in [6, 6.07) is -0.00559. The van der Waals surface area contributed by atoms with Gasteiger partial charge in [0.2, 0.25) is 5.91 Å². The minimum atomic E-state index is -0.517. The van der Waals surface area contributed by atoms with Crippen LogP contribution in [0.4, 0.5) is 0 Å². The third-order valence-electron chi connectivity index (χ3n) is 2.57. The summed E-state index contributed by atoms with van der Waals surface area (Å²) in [4.78, 5) is 11.5. The number of rotatable bonds is 7. The number of carbonyl (C=O) groups excluding carboxylic acids is 1. The molecule has 96 valence electrons. The lowest BCUT2D eigenvalue weighted by atomic mass is 9.99. The highest BCUT2D eigenvalue weighted by atomic mass is 16.5. The van der Waals surface area contributed by atoms with E-state index in [9.17, 15) is 9.90 Å². The van der Waals surface area contributed by atoms with Gasteiger partial charge in [-0.2, -0.15) is 0 Å². The summed E-state index contributed by atoms with van der Waals surface area (Å²) in [6.07, 6.45) is -0.517. The first kappa shape index (κ1) is 15.3. The highest BCUT2D eigenvalue weighted by molar-refractivity contribution is 5.78. The number of aliphatic hydroxyl groups excluding tert-OH is 1. The average molecular weight is 232 g/mol. The number of hydrogen-bond donors (Lipinski definition) is 3. The van der Waals surface area contributed by atoms with Crippen molar-refractivity contribution in [3.63, 3.8) is 0 Å². The molecule has 0 saturated heterocycles. The normalized spacial score (nSPS) is 15.6. The van der Waals surface area contributed by atoms with E-state index >= 15 is 0 Å². The fourth-order valence-electron chi connectivity index (χ4n) is 1.07. The van der Waals surface area contributed by atoms with Crippen molar-refractivity contribution >= 4 is 5.91 Å². The smallest absolute Gasteiger partial charge is 0.234 e. The molecule has 2 unspecified atom stereocenters. The second-order valence-corrected chi connectivity index (χ2v) is 4.68. The third-order valence-corrected chi connectivity index (χ3v) is 2.57. The lowest BCUT2D eigenvalue weighted by molar-refractivity contribution is -0.121. The van der Waals surface area contributed by atoms with Crippen LogP contribution in [0.3, 0.4) is 0 Å². The van der Waals surface area contributed by atoms with Crippen LogP contribution in [0.25, 0.3) is 0 Å². The Morgan fingerprint density at radius 1 is 1.44 bits per heavy atom. The molecule has 1 amide bonds. The molecule has 0 spiro atoms. The van der Waals surface area contributed by atoms with Gasteiger partial charge >= 0.3 is 0 Å². The third kappa shape index (κ3) is 6.05. The van der Waals surface area contributed by atoms with Crippen molar-refractivity contribution in [1.29, 1.82) is 0 Å². The Morgan fingerprint density at radius 3 is 2.44 bits per heavy atom. The van der Waals surface area contributed by atoms with E-state index < -0.39 is 11.6 Å². The molecule has 0 heterocycles. The van der Waals surface area contributed by atoms with Crippen molar-refractivity contribution in [1.82, 2.24) is 10.6 Å². The van der Waals surface area contributed by atoms with Crippen LogP contribution in [-0.2, 0) is 9.53 Å². The van der Waals surface area contributed by atoms with Crippen LogP contribution in [-0.4, -0.2) is 49.0 Å². The Hall–Kier alpha value is -0.650. The largest absolute Gasteiger partial charge is 0.392 e. The monoisotopic (exact) mass is 232 g/mol. The summed E-state index contributed by atoms with van der Waals surface area (Å²) in [7, 11) is 1.59. The number of methoxy groups -OCH3 is 1. The van der Waals surface area contributed by atoms with Gasteiger partial charge in [-0.25, -0.2) is 0 Å². The van der Waals surface area contributed by atoms with E-state index in [0.717, 1.165) is 0 Å². The van der Waals surface area contributed by atoms with Crippen molar-refractivity contribution < 1.29 is 14.6 Å². The zero-order chi connectivity index (χ0) is 12.8. The molecule has 0 aliphatic rings. The van der Waals surface area contributed by atoms with Crippen LogP contribution in [0.1, 0.15) is 27.7 Å². The molecule has 0 radical (unpaired) electrons. The fourth-order valence-corrected chi connectivity index (χ4v) is 1.07. The lowest BCUT2D eigenvalue weighted by Crippen LogP contribution is -2.52. The highest BCUT2D eigenvalue weighted by Crippen LogP contribution is 2.07. The molecular weight excluding hydrogens is 208 g/mol. The summed E-state index contributed by atoms with van der Waals surface area (Å²) in [5.74, 6) is -0.0988. The zero-order valence-electron chi connectivity index (χ0n) is 10.8. The summed E-state index contributed by atoms with van der Waals surface area (Å²) in [6.45, 7) is 7.95. The molecule has 5 heteroatoms. The molecule has 0 aromatic heterocycles. The minimum absolute atomic E-state index is 0.00559. The molecule has 16 heavy (non-hydrogen) atoms. The van der Waals surface area contributed by atoms with Gasteiger partial charge in [-0.05, 0) is 27.7 Å². The number of carbonyl (C=O) groups is 1. The molecule has 3 N–H and O–H groups in total. The topological polar surface area (TPSA) is 70.6 Å². The first-order chi connectivity index (χ1) is 7.29. The second-order valence-electron chi connectivity index (χ2n) is 4.68. The summed E-state index contributed by atoms with van der Waals surface area (Å²) < 4.78 is 4.91. The number of hydrogen-bond acceptors (Lipinski definition) is 4. The van der Waals surface area contributed by atoms with Crippen molar-refractivity contribution in [2.45, 2.75) is 45.4 Å². The van der Waals surface area contributed by atoms with Crippen LogP contribution in [0.5, 0.6) is 0 Å². The molecule has 0 aliphatic carbocycles. The maximum absolute atomic E-state index is 11.5. The quantitative estimate of drug-likeness (QED) is 0.572. The van der Waals surface area contributed by atoms with Crippen molar-refractivity contribution in [3.8, 4) is 0 Å². The summed E-state index contributed by atoms with van der Waals surface area (Å²) in [5, 5.41) is 15.2. The number of nitrogens with one attached hydrogen (secondary N) is 2. The van der Waals surface area contributed by atoms with E-state index in [4.69, 9.17) is 4.74 Å². The van der Waals surface area contributed by atoms with Crippen LogP contribution in [0.15, 0.2) is 0 Å². The predicted molar refractivity (Wildman–Crippen MR) is 63.2 cm³/mol. The molecule has 0 aromatic carbocycles. The molecule has 0 aliphatic heterocycles. The first-order valence-electron chi connectivity index (χ1n) is 5.51. The summed E-state index contributed by atoms with van der Waals surface area (Å²) in [5.41, 5.74) is -0.470. The van der Waals surface area contributed by atoms with Gasteiger partial charge in [-0.3, -0.25) is 4.79 Å². The van der Waals surface area contributed by atoms with Crippen LogP contribution in [0.2, 0.25) is 0 Å². The maximum Gasteiger partial charge on any atom is 0.234 e. The molecule has 0 bridgehead atoms. The van der Waals surface area contributed by atoms with Gasteiger partial charge in [0.15, 0.2) is 0 Å². The Kier molecular flexibility index (Phi) is 6.55. The van der Waals surface area contributed by atoms with E-state index in [1.165, 1.54) is 0 Å². The van der Waals surface area contributed by atoms with Gasteiger partial charge in [0, 0.05) is 18.7 Å². The van der Waals surface area contributed by atoms with Gasteiger partial charge in [0.1, 0.15) is 0 Å². The van der Waals surface area contributed by atoms with Crippen molar-refractivity contribution in [2.75, 3.05) is 20.3 Å². The number of ether oxygens (including phenoxy) is 1. The SMILES string of the molecule is COCC(C)NC(=O)CNC(C)(C)C(C)O. The number of aliphatic hydroxyl groups is 1. The minimum Gasteiger partial charge on any atom is -0.392 e. The van der Waals surface area contributed by atoms with Crippen molar-refractivity contribution in [2.24, 2.45) is 0 Å². The van der Waals surface area contributed by atoms with E-state index in [1.807, 2.05) is 20.8 Å². The molecule has 0 rings (SSSR count). The molecule has 0 fully saturated rings.